The maximum Gasteiger partial charge on any atom is 0.412 e. The fraction of sp³-hybridized carbons (Fsp3) is 0.125. The summed E-state index contributed by atoms with van der Waals surface area (Å²) in [4.78, 5) is 24.0. The lowest BCUT2D eigenvalue weighted by Crippen LogP contribution is -2.36. The minimum Gasteiger partial charge on any atom is -0.410 e. The molecule has 2 aromatic rings. The van der Waals surface area contributed by atoms with E-state index in [-0.39, 0.29) is 12.5 Å². The molecule has 6 heteroatoms. The fourth-order valence-electron chi connectivity index (χ4n) is 1.73. The lowest BCUT2D eigenvalue weighted by Gasteiger charge is -2.08. The highest BCUT2D eigenvalue weighted by molar-refractivity contribution is 7.80. The Labute approximate surface area is 134 Å². The monoisotopic (exact) mass is 316 g/mol. The van der Waals surface area contributed by atoms with Gasteiger partial charge in [-0.05, 0) is 24.3 Å². The molecular weight excluding hydrogens is 300 g/mol. The van der Waals surface area contributed by atoms with Gasteiger partial charge in [-0.1, -0.05) is 30.3 Å². The normalized spacial score (nSPS) is 9.86. The Morgan fingerprint density at radius 3 is 2.27 bits per heavy atom. The van der Waals surface area contributed by atoms with E-state index in [9.17, 15) is 9.59 Å². The Hall–Kier alpha value is -2.47. The summed E-state index contributed by atoms with van der Waals surface area (Å²) in [6.45, 7) is 0.566. The molecule has 0 heterocycles. The Kier molecular flexibility index (Phi) is 5.85. The number of nitrogens with one attached hydrogen (secondary N) is 2. The number of para-hydroxylation sites is 1. The summed E-state index contributed by atoms with van der Waals surface area (Å²) in [5.74, 6) is 0.233. The van der Waals surface area contributed by atoms with Gasteiger partial charge in [-0.3, -0.25) is 4.79 Å². The van der Waals surface area contributed by atoms with Gasteiger partial charge in [-0.2, -0.15) is 0 Å². The molecule has 0 aliphatic carbocycles. The molecule has 0 spiro atoms. The molecule has 0 bridgehead atoms. The van der Waals surface area contributed by atoms with Crippen molar-refractivity contribution in [3.63, 3.8) is 0 Å². The molecule has 0 saturated carbocycles. The molecule has 2 N–H and O–H groups in total. The van der Waals surface area contributed by atoms with E-state index in [4.69, 9.17) is 4.74 Å². The predicted molar refractivity (Wildman–Crippen MR) is 86.5 cm³/mol. The van der Waals surface area contributed by atoms with Crippen molar-refractivity contribution in [2.24, 2.45) is 0 Å². The summed E-state index contributed by atoms with van der Waals surface area (Å²) in [6.07, 6.45) is -0.560. The van der Waals surface area contributed by atoms with E-state index >= 15 is 0 Å². The Balaban J connectivity index is 1.70. The average Bonchev–Trinajstić information content (AvgIpc) is 2.53. The largest absolute Gasteiger partial charge is 0.412 e. The molecule has 0 atom stereocenters. The van der Waals surface area contributed by atoms with E-state index in [0.29, 0.717) is 22.8 Å². The maximum absolute atomic E-state index is 11.9. The van der Waals surface area contributed by atoms with Crippen LogP contribution >= 0.6 is 12.6 Å². The molecule has 0 aliphatic heterocycles. The van der Waals surface area contributed by atoms with Crippen LogP contribution in [-0.4, -0.2) is 25.1 Å². The van der Waals surface area contributed by atoms with Gasteiger partial charge in [-0.25, -0.2) is 4.79 Å². The molecule has 114 valence electrons. The summed E-state index contributed by atoms with van der Waals surface area (Å²) in [6, 6.07) is 15.8. The second kappa shape index (κ2) is 8.09. The van der Waals surface area contributed by atoms with Crippen LogP contribution < -0.4 is 15.4 Å². The number of rotatable bonds is 5. The van der Waals surface area contributed by atoms with Crippen LogP contribution in [0.1, 0.15) is 10.4 Å². The molecule has 0 unspecified atom stereocenters. The summed E-state index contributed by atoms with van der Waals surface area (Å²) >= 11 is 4.22. The van der Waals surface area contributed by atoms with Crippen molar-refractivity contribution in [2.45, 2.75) is 4.90 Å². The number of hydrogen-bond acceptors (Lipinski definition) is 4. The van der Waals surface area contributed by atoms with Gasteiger partial charge in [0.1, 0.15) is 5.75 Å². The minimum atomic E-state index is -0.560. The van der Waals surface area contributed by atoms with Gasteiger partial charge in [0, 0.05) is 18.0 Å². The molecule has 0 fully saturated rings. The van der Waals surface area contributed by atoms with Gasteiger partial charge in [0.05, 0.1) is 5.56 Å². The Morgan fingerprint density at radius 1 is 0.909 bits per heavy atom. The zero-order valence-corrected chi connectivity index (χ0v) is 12.7. The Morgan fingerprint density at radius 2 is 1.55 bits per heavy atom. The van der Waals surface area contributed by atoms with E-state index in [1.54, 1.807) is 48.5 Å². The van der Waals surface area contributed by atoms with Crippen LogP contribution in [0.2, 0.25) is 0 Å². The van der Waals surface area contributed by atoms with Crippen LogP contribution in [0.25, 0.3) is 0 Å². The number of carbonyl (C=O) groups is 2. The van der Waals surface area contributed by atoms with Crippen molar-refractivity contribution in [3.05, 3.63) is 60.2 Å². The van der Waals surface area contributed by atoms with Crippen molar-refractivity contribution >= 4 is 24.6 Å². The standard InChI is InChI=1S/C16H16N2O3S/c19-15(13-8-4-5-9-14(13)22)17-10-11-18-16(20)21-12-6-2-1-3-7-12/h1-9,22H,10-11H2,(H,17,19)(H,18,20). The molecule has 22 heavy (non-hydrogen) atoms. The van der Waals surface area contributed by atoms with Crippen molar-refractivity contribution in [1.29, 1.82) is 0 Å². The average molecular weight is 316 g/mol. The predicted octanol–water partition coefficient (Wildman–Crippen LogP) is 2.49. The lowest BCUT2D eigenvalue weighted by molar-refractivity contribution is 0.0950. The third-order valence-electron chi connectivity index (χ3n) is 2.78. The molecule has 0 saturated heterocycles. The summed E-state index contributed by atoms with van der Waals surface area (Å²) in [5.41, 5.74) is 0.498. The van der Waals surface area contributed by atoms with Gasteiger partial charge in [-0.15, -0.1) is 12.6 Å². The second-order valence-electron chi connectivity index (χ2n) is 4.40. The van der Waals surface area contributed by atoms with Crippen LogP contribution in [0.3, 0.4) is 0 Å². The fourth-order valence-corrected chi connectivity index (χ4v) is 2.00. The summed E-state index contributed by atoms with van der Waals surface area (Å²) in [5, 5.41) is 5.26. The molecule has 2 aromatic carbocycles. The van der Waals surface area contributed by atoms with Crippen molar-refractivity contribution in [1.82, 2.24) is 10.6 Å². The molecule has 2 rings (SSSR count). The quantitative estimate of drug-likeness (QED) is 0.586. The molecule has 0 radical (unpaired) electrons. The highest BCUT2D eigenvalue weighted by atomic mass is 32.1. The summed E-state index contributed by atoms with van der Waals surface area (Å²) in [7, 11) is 0. The first-order valence-electron chi connectivity index (χ1n) is 6.74. The molecule has 2 amide bonds. The first-order chi connectivity index (χ1) is 10.7. The SMILES string of the molecule is O=C(NCCNC(=O)c1ccccc1S)Oc1ccccc1. The van der Waals surface area contributed by atoms with Crippen molar-refractivity contribution in [3.8, 4) is 5.75 Å². The van der Waals surface area contributed by atoms with Gasteiger partial charge >= 0.3 is 6.09 Å². The number of thiol groups is 1. The second-order valence-corrected chi connectivity index (χ2v) is 4.88. The topological polar surface area (TPSA) is 67.4 Å². The van der Waals surface area contributed by atoms with Gasteiger partial charge < -0.3 is 15.4 Å². The maximum atomic E-state index is 11.9. The van der Waals surface area contributed by atoms with E-state index in [1.165, 1.54) is 0 Å². The highest BCUT2D eigenvalue weighted by Crippen LogP contribution is 2.12. The van der Waals surface area contributed by atoms with Crippen LogP contribution in [-0.2, 0) is 0 Å². The van der Waals surface area contributed by atoms with Gasteiger partial charge in [0.2, 0.25) is 0 Å². The first kappa shape index (κ1) is 15.9. The lowest BCUT2D eigenvalue weighted by atomic mass is 10.2. The van der Waals surface area contributed by atoms with Gasteiger partial charge in [0.25, 0.3) is 5.91 Å². The van der Waals surface area contributed by atoms with Gasteiger partial charge in [0.15, 0.2) is 0 Å². The van der Waals surface area contributed by atoms with E-state index in [0.717, 1.165) is 0 Å². The number of benzene rings is 2. The first-order valence-corrected chi connectivity index (χ1v) is 7.18. The minimum absolute atomic E-state index is 0.233. The van der Waals surface area contributed by atoms with Crippen LogP contribution in [0.15, 0.2) is 59.5 Å². The van der Waals surface area contributed by atoms with Crippen molar-refractivity contribution < 1.29 is 14.3 Å². The zero-order valence-electron chi connectivity index (χ0n) is 11.8. The molecule has 5 nitrogen and oxygen atoms in total. The third-order valence-corrected chi connectivity index (χ3v) is 3.17. The van der Waals surface area contributed by atoms with Crippen LogP contribution in [0.5, 0.6) is 5.75 Å². The van der Waals surface area contributed by atoms with Crippen LogP contribution in [0.4, 0.5) is 4.79 Å². The molecule has 0 aromatic heterocycles. The molecular formula is C16H16N2O3S. The Bertz CT molecular complexity index is 647. The molecule has 0 aliphatic rings. The number of hydrogen-bond donors (Lipinski definition) is 3. The third kappa shape index (κ3) is 4.82. The van der Waals surface area contributed by atoms with E-state index in [2.05, 4.69) is 23.3 Å². The summed E-state index contributed by atoms with van der Waals surface area (Å²) < 4.78 is 5.05. The van der Waals surface area contributed by atoms with Crippen molar-refractivity contribution in [2.75, 3.05) is 13.1 Å². The van der Waals surface area contributed by atoms with E-state index < -0.39 is 6.09 Å². The van der Waals surface area contributed by atoms with E-state index in [1.807, 2.05) is 6.07 Å². The smallest absolute Gasteiger partial charge is 0.410 e. The number of ether oxygens (including phenoxy) is 1. The number of amides is 2. The highest BCUT2D eigenvalue weighted by Gasteiger charge is 2.08. The zero-order chi connectivity index (χ0) is 15.8. The number of carbonyl (C=O) groups excluding carboxylic acids is 2. The van der Waals surface area contributed by atoms with Crippen LogP contribution in [0, 0.1) is 0 Å².